The fourth-order valence-corrected chi connectivity index (χ4v) is 2.32. The minimum atomic E-state index is -4.39. The average molecular weight is 303 g/mol. The topological polar surface area (TPSA) is 32.7 Å². The van der Waals surface area contributed by atoms with Crippen LogP contribution in [0.25, 0.3) is 0 Å². The first-order valence-electron chi connectivity index (χ1n) is 7.00. The quantitative estimate of drug-likeness (QED) is 0.841. The Hall–Kier alpha value is -1.11. The van der Waals surface area contributed by atoms with Crippen LogP contribution >= 0.6 is 0 Å². The Morgan fingerprint density at radius 3 is 2.67 bits per heavy atom. The van der Waals surface area contributed by atoms with Crippen molar-refractivity contribution in [1.29, 1.82) is 0 Å². The maximum absolute atomic E-state index is 12.7. The minimum Gasteiger partial charge on any atom is -0.387 e. The summed E-state index contributed by atoms with van der Waals surface area (Å²) in [5, 5.41) is 10.2. The molecule has 0 heterocycles. The zero-order chi connectivity index (χ0) is 15.5. The average Bonchev–Trinajstić information content (AvgIpc) is 3.27. The van der Waals surface area contributed by atoms with E-state index in [4.69, 9.17) is 4.74 Å². The second-order valence-corrected chi connectivity index (χ2v) is 5.36. The molecule has 1 aromatic rings. The molecule has 1 fully saturated rings. The lowest BCUT2D eigenvalue weighted by atomic mass is 10.1. The van der Waals surface area contributed by atoms with Gasteiger partial charge in [0.25, 0.3) is 0 Å². The smallest absolute Gasteiger partial charge is 0.387 e. The van der Waals surface area contributed by atoms with Crippen LogP contribution in [0.5, 0.6) is 0 Å². The van der Waals surface area contributed by atoms with E-state index in [0.29, 0.717) is 31.3 Å². The Bertz CT molecular complexity index is 460. The number of benzene rings is 1. The van der Waals surface area contributed by atoms with Gasteiger partial charge in [-0.05, 0) is 30.5 Å². The van der Waals surface area contributed by atoms with E-state index in [1.807, 2.05) is 0 Å². The van der Waals surface area contributed by atoms with Gasteiger partial charge in [0, 0.05) is 26.2 Å². The van der Waals surface area contributed by atoms with Gasteiger partial charge >= 0.3 is 6.18 Å². The van der Waals surface area contributed by atoms with Crippen molar-refractivity contribution < 1.29 is 23.0 Å². The van der Waals surface area contributed by atoms with Gasteiger partial charge in [-0.25, -0.2) is 0 Å². The van der Waals surface area contributed by atoms with Crippen molar-refractivity contribution in [2.24, 2.45) is 0 Å². The van der Waals surface area contributed by atoms with Crippen molar-refractivity contribution in [2.45, 2.75) is 31.2 Å². The standard InChI is InChI=1S/C15H20F3NO2/c1-21-8-7-19(13-5-6-13)10-14(20)11-3-2-4-12(9-11)15(16,17)18/h2-4,9,13-14,20H,5-8,10H2,1H3/t14-/m1/s1. The van der Waals surface area contributed by atoms with Crippen LogP contribution in [0, 0.1) is 0 Å². The van der Waals surface area contributed by atoms with Crippen LogP contribution in [0.15, 0.2) is 24.3 Å². The molecule has 1 aliphatic rings. The van der Waals surface area contributed by atoms with Crippen LogP contribution in [0.4, 0.5) is 13.2 Å². The van der Waals surface area contributed by atoms with Gasteiger partial charge in [0.1, 0.15) is 0 Å². The Labute approximate surface area is 122 Å². The monoisotopic (exact) mass is 303 g/mol. The number of rotatable bonds is 7. The van der Waals surface area contributed by atoms with E-state index in [1.165, 1.54) is 12.1 Å². The SMILES string of the molecule is COCCN(C[C@@H](O)c1cccc(C(F)(F)F)c1)C1CC1. The molecule has 1 saturated carbocycles. The third-order valence-electron chi connectivity index (χ3n) is 3.65. The molecule has 0 spiro atoms. The summed E-state index contributed by atoms with van der Waals surface area (Å²) in [6.45, 7) is 1.55. The van der Waals surface area contributed by atoms with Crippen molar-refractivity contribution >= 4 is 0 Å². The first-order valence-corrected chi connectivity index (χ1v) is 7.00. The number of halogens is 3. The Morgan fingerprint density at radius 2 is 2.10 bits per heavy atom. The molecule has 0 bridgehead atoms. The lowest BCUT2D eigenvalue weighted by Crippen LogP contribution is -2.33. The van der Waals surface area contributed by atoms with Gasteiger partial charge in [-0.15, -0.1) is 0 Å². The molecule has 0 unspecified atom stereocenters. The Morgan fingerprint density at radius 1 is 1.38 bits per heavy atom. The molecule has 1 atom stereocenters. The van der Waals surface area contributed by atoms with Gasteiger partial charge < -0.3 is 9.84 Å². The number of aliphatic hydroxyl groups excluding tert-OH is 1. The van der Waals surface area contributed by atoms with E-state index < -0.39 is 17.8 Å². The molecule has 1 N–H and O–H groups in total. The van der Waals surface area contributed by atoms with Gasteiger partial charge in [0.2, 0.25) is 0 Å². The van der Waals surface area contributed by atoms with Crippen molar-refractivity contribution in [3.63, 3.8) is 0 Å². The second-order valence-electron chi connectivity index (χ2n) is 5.36. The maximum atomic E-state index is 12.7. The molecule has 0 aliphatic heterocycles. The molecule has 3 nitrogen and oxygen atoms in total. The molecule has 1 aliphatic carbocycles. The first-order chi connectivity index (χ1) is 9.91. The van der Waals surface area contributed by atoms with Crippen molar-refractivity contribution in [3.05, 3.63) is 35.4 Å². The van der Waals surface area contributed by atoms with Crippen LogP contribution in [0.2, 0.25) is 0 Å². The Kier molecular flexibility index (Phi) is 5.24. The first kappa shape index (κ1) is 16.3. The van der Waals surface area contributed by atoms with Crippen molar-refractivity contribution in [3.8, 4) is 0 Å². The highest BCUT2D eigenvalue weighted by Crippen LogP contribution is 2.32. The number of ether oxygens (including phenoxy) is 1. The zero-order valence-electron chi connectivity index (χ0n) is 11.9. The summed E-state index contributed by atoms with van der Waals surface area (Å²) < 4.78 is 43.1. The third-order valence-corrected chi connectivity index (χ3v) is 3.65. The summed E-state index contributed by atoms with van der Waals surface area (Å²) in [6.07, 6.45) is -3.18. The molecule has 0 aromatic heterocycles. The van der Waals surface area contributed by atoms with Gasteiger partial charge in [0.15, 0.2) is 0 Å². The third kappa shape index (κ3) is 4.69. The lowest BCUT2D eigenvalue weighted by Gasteiger charge is -2.25. The second kappa shape index (κ2) is 6.77. The summed E-state index contributed by atoms with van der Waals surface area (Å²) in [4.78, 5) is 2.08. The summed E-state index contributed by atoms with van der Waals surface area (Å²) in [7, 11) is 1.61. The van der Waals surface area contributed by atoms with E-state index in [1.54, 1.807) is 7.11 Å². The van der Waals surface area contributed by atoms with Crippen LogP contribution < -0.4 is 0 Å². The van der Waals surface area contributed by atoms with Crippen molar-refractivity contribution in [2.75, 3.05) is 26.8 Å². The largest absolute Gasteiger partial charge is 0.416 e. The van der Waals surface area contributed by atoms with E-state index in [2.05, 4.69) is 4.90 Å². The molecule has 0 amide bonds. The predicted molar refractivity (Wildman–Crippen MR) is 72.9 cm³/mol. The zero-order valence-corrected chi connectivity index (χ0v) is 11.9. The molecule has 6 heteroatoms. The van der Waals surface area contributed by atoms with E-state index >= 15 is 0 Å². The van der Waals surface area contributed by atoms with Crippen LogP contribution in [0.3, 0.4) is 0 Å². The number of nitrogens with zero attached hydrogens (tertiary/aromatic N) is 1. The fraction of sp³-hybridized carbons (Fsp3) is 0.600. The van der Waals surface area contributed by atoms with Gasteiger partial charge in [-0.3, -0.25) is 4.90 Å². The predicted octanol–water partition coefficient (Wildman–Crippen LogP) is 2.85. The number of alkyl halides is 3. The lowest BCUT2D eigenvalue weighted by molar-refractivity contribution is -0.137. The molecular weight excluding hydrogens is 283 g/mol. The molecular formula is C15H20F3NO2. The number of hydrogen-bond donors (Lipinski definition) is 1. The number of methoxy groups -OCH3 is 1. The van der Waals surface area contributed by atoms with Crippen molar-refractivity contribution in [1.82, 2.24) is 4.90 Å². The van der Waals surface area contributed by atoms with Crippen LogP contribution in [-0.2, 0) is 10.9 Å². The Balaban J connectivity index is 2.03. The van der Waals surface area contributed by atoms with Gasteiger partial charge in [0.05, 0.1) is 18.3 Å². The summed E-state index contributed by atoms with van der Waals surface area (Å²) in [6, 6.07) is 5.31. The minimum absolute atomic E-state index is 0.299. The molecule has 118 valence electrons. The van der Waals surface area contributed by atoms with Gasteiger partial charge in [-0.1, -0.05) is 12.1 Å². The highest BCUT2D eigenvalue weighted by atomic mass is 19.4. The molecule has 2 rings (SSSR count). The summed E-state index contributed by atoms with van der Waals surface area (Å²) in [5.74, 6) is 0. The van der Waals surface area contributed by atoms with E-state index in [-0.39, 0.29) is 0 Å². The van der Waals surface area contributed by atoms with E-state index in [0.717, 1.165) is 25.0 Å². The summed E-state index contributed by atoms with van der Waals surface area (Å²) >= 11 is 0. The molecule has 0 radical (unpaired) electrons. The number of hydrogen-bond acceptors (Lipinski definition) is 3. The molecule has 0 saturated heterocycles. The molecule has 21 heavy (non-hydrogen) atoms. The highest BCUT2D eigenvalue weighted by molar-refractivity contribution is 5.27. The summed E-state index contributed by atoms with van der Waals surface area (Å²) in [5.41, 5.74) is -0.429. The van der Waals surface area contributed by atoms with Crippen LogP contribution in [-0.4, -0.2) is 42.9 Å². The van der Waals surface area contributed by atoms with Gasteiger partial charge in [-0.2, -0.15) is 13.2 Å². The highest BCUT2D eigenvalue weighted by Gasteiger charge is 2.32. The van der Waals surface area contributed by atoms with Crippen LogP contribution in [0.1, 0.15) is 30.1 Å². The normalized spacial score (nSPS) is 17.2. The fourth-order valence-electron chi connectivity index (χ4n) is 2.32. The number of aliphatic hydroxyl groups is 1. The maximum Gasteiger partial charge on any atom is 0.416 e. The molecule has 1 aromatic carbocycles. The van der Waals surface area contributed by atoms with E-state index in [9.17, 15) is 18.3 Å².